The van der Waals surface area contributed by atoms with Crippen LogP contribution < -0.4 is 10.6 Å². The van der Waals surface area contributed by atoms with Gasteiger partial charge in [0.15, 0.2) is 0 Å². The van der Waals surface area contributed by atoms with Gasteiger partial charge < -0.3 is 10.6 Å². The summed E-state index contributed by atoms with van der Waals surface area (Å²) in [5, 5.41) is 6.50. The molecule has 0 amide bonds. The van der Waals surface area contributed by atoms with Gasteiger partial charge in [0.05, 0.1) is 0 Å². The van der Waals surface area contributed by atoms with Crippen molar-refractivity contribution in [3.63, 3.8) is 0 Å². The highest BCUT2D eigenvalue weighted by atomic mass is 15.2. The standard InChI is InChI=1S/C14H25N5/c1-5-12-17-13(15-3)8-14(18-12)16-9-10(2)19(4)11-6-7-11/h8,10-11H,5-7,9H2,1-4H3,(H2,15,16,17,18). The third-order valence-corrected chi connectivity index (χ3v) is 3.74. The molecule has 19 heavy (non-hydrogen) atoms. The summed E-state index contributed by atoms with van der Waals surface area (Å²) in [4.78, 5) is 11.4. The lowest BCUT2D eigenvalue weighted by molar-refractivity contribution is 0.257. The zero-order valence-corrected chi connectivity index (χ0v) is 12.4. The minimum absolute atomic E-state index is 0.519. The fourth-order valence-corrected chi connectivity index (χ4v) is 2.11. The van der Waals surface area contributed by atoms with Crippen molar-refractivity contribution in [1.29, 1.82) is 0 Å². The topological polar surface area (TPSA) is 53.1 Å². The van der Waals surface area contributed by atoms with Crippen molar-refractivity contribution in [2.45, 2.75) is 45.2 Å². The van der Waals surface area contributed by atoms with E-state index in [1.165, 1.54) is 12.8 Å². The van der Waals surface area contributed by atoms with Gasteiger partial charge in [-0.15, -0.1) is 0 Å². The number of aromatic nitrogens is 2. The molecule has 1 heterocycles. The van der Waals surface area contributed by atoms with Crippen LogP contribution in [0.4, 0.5) is 11.6 Å². The Morgan fingerprint density at radius 2 is 2.05 bits per heavy atom. The van der Waals surface area contributed by atoms with Gasteiger partial charge in [-0.25, -0.2) is 9.97 Å². The summed E-state index contributed by atoms with van der Waals surface area (Å²) in [6.45, 7) is 5.24. The molecular formula is C14H25N5. The molecule has 0 bridgehead atoms. The van der Waals surface area contributed by atoms with Gasteiger partial charge in [-0.1, -0.05) is 6.92 Å². The molecule has 106 valence electrons. The van der Waals surface area contributed by atoms with Crippen LogP contribution in [-0.4, -0.2) is 47.6 Å². The number of nitrogens with zero attached hydrogens (tertiary/aromatic N) is 3. The van der Waals surface area contributed by atoms with Crippen LogP contribution in [0.3, 0.4) is 0 Å². The molecule has 0 aliphatic heterocycles. The van der Waals surface area contributed by atoms with Crippen LogP contribution in [-0.2, 0) is 6.42 Å². The van der Waals surface area contributed by atoms with E-state index in [4.69, 9.17) is 0 Å². The van der Waals surface area contributed by atoms with E-state index in [0.717, 1.165) is 36.5 Å². The summed E-state index contributed by atoms with van der Waals surface area (Å²) in [5.41, 5.74) is 0. The summed E-state index contributed by atoms with van der Waals surface area (Å²) in [5.74, 6) is 2.65. The van der Waals surface area contributed by atoms with Crippen molar-refractivity contribution in [3.05, 3.63) is 11.9 Å². The normalized spacial score (nSPS) is 16.5. The fraction of sp³-hybridized carbons (Fsp3) is 0.714. The predicted molar refractivity (Wildman–Crippen MR) is 79.7 cm³/mol. The van der Waals surface area contributed by atoms with Crippen LogP contribution in [0.5, 0.6) is 0 Å². The quantitative estimate of drug-likeness (QED) is 0.788. The third-order valence-electron chi connectivity index (χ3n) is 3.74. The van der Waals surface area contributed by atoms with E-state index in [-0.39, 0.29) is 0 Å². The van der Waals surface area contributed by atoms with E-state index in [2.05, 4.69) is 46.4 Å². The third kappa shape index (κ3) is 3.80. The fourth-order valence-electron chi connectivity index (χ4n) is 2.11. The summed E-state index contributed by atoms with van der Waals surface area (Å²) in [6, 6.07) is 3.27. The Morgan fingerprint density at radius 3 is 2.63 bits per heavy atom. The Bertz CT molecular complexity index is 394. The molecule has 5 nitrogen and oxygen atoms in total. The Balaban J connectivity index is 1.94. The van der Waals surface area contributed by atoms with Gasteiger partial charge in [0.2, 0.25) is 0 Å². The van der Waals surface area contributed by atoms with Gasteiger partial charge in [0.25, 0.3) is 0 Å². The number of hydrogen-bond donors (Lipinski definition) is 2. The molecule has 1 aliphatic carbocycles. The maximum absolute atomic E-state index is 4.51. The molecule has 0 spiro atoms. The molecule has 1 unspecified atom stereocenters. The lowest BCUT2D eigenvalue weighted by Gasteiger charge is -2.24. The van der Waals surface area contributed by atoms with Crippen molar-refractivity contribution < 1.29 is 0 Å². The van der Waals surface area contributed by atoms with Gasteiger partial charge >= 0.3 is 0 Å². The number of anilines is 2. The Kier molecular flexibility index (Phi) is 4.58. The van der Waals surface area contributed by atoms with Gasteiger partial charge in [-0.05, 0) is 26.8 Å². The molecule has 1 aromatic rings. The zero-order chi connectivity index (χ0) is 13.8. The highest BCUT2D eigenvalue weighted by Gasteiger charge is 2.28. The van der Waals surface area contributed by atoms with Crippen molar-refractivity contribution in [3.8, 4) is 0 Å². The second kappa shape index (κ2) is 6.19. The lowest BCUT2D eigenvalue weighted by atomic mass is 10.3. The van der Waals surface area contributed by atoms with Crippen molar-refractivity contribution >= 4 is 11.6 Å². The van der Waals surface area contributed by atoms with Crippen LogP contribution in [0, 0.1) is 0 Å². The van der Waals surface area contributed by atoms with Gasteiger partial charge in [-0.3, -0.25) is 4.90 Å². The number of rotatable bonds is 7. The molecule has 1 fully saturated rings. The summed E-state index contributed by atoms with van der Waals surface area (Å²) in [6.07, 6.45) is 3.54. The molecule has 0 saturated heterocycles. The van der Waals surface area contributed by atoms with Crippen LogP contribution in [0.2, 0.25) is 0 Å². The maximum atomic E-state index is 4.51. The minimum Gasteiger partial charge on any atom is -0.373 e. The molecule has 5 heteroatoms. The summed E-state index contributed by atoms with van der Waals surface area (Å²) >= 11 is 0. The van der Waals surface area contributed by atoms with E-state index >= 15 is 0 Å². The smallest absolute Gasteiger partial charge is 0.132 e. The Labute approximate surface area is 115 Å². The first-order valence-corrected chi connectivity index (χ1v) is 7.15. The second-order valence-electron chi connectivity index (χ2n) is 5.28. The van der Waals surface area contributed by atoms with Crippen molar-refractivity contribution in [1.82, 2.24) is 14.9 Å². The van der Waals surface area contributed by atoms with Gasteiger partial charge in [0, 0.05) is 38.2 Å². The first-order chi connectivity index (χ1) is 9.13. The average molecular weight is 263 g/mol. The molecule has 0 aromatic carbocycles. The van der Waals surface area contributed by atoms with Crippen LogP contribution in [0.25, 0.3) is 0 Å². The monoisotopic (exact) mass is 263 g/mol. The summed E-state index contributed by atoms with van der Waals surface area (Å²) in [7, 11) is 4.09. The van der Waals surface area contributed by atoms with Crippen LogP contribution >= 0.6 is 0 Å². The first-order valence-electron chi connectivity index (χ1n) is 7.15. The SMILES string of the molecule is CCc1nc(NC)cc(NCC(C)N(C)C2CC2)n1. The average Bonchev–Trinajstić information content (AvgIpc) is 3.27. The number of hydrogen-bond acceptors (Lipinski definition) is 5. The molecule has 1 atom stereocenters. The van der Waals surface area contributed by atoms with Crippen molar-refractivity contribution in [2.24, 2.45) is 0 Å². The highest BCUT2D eigenvalue weighted by Crippen LogP contribution is 2.26. The van der Waals surface area contributed by atoms with E-state index in [1.54, 1.807) is 0 Å². The van der Waals surface area contributed by atoms with E-state index in [1.807, 2.05) is 13.1 Å². The summed E-state index contributed by atoms with van der Waals surface area (Å²) < 4.78 is 0. The van der Waals surface area contributed by atoms with Crippen LogP contribution in [0.15, 0.2) is 6.07 Å². The second-order valence-corrected chi connectivity index (χ2v) is 5.28. The van der Waals surface area contributed by atoms with Gasteiger partial charge in [0.1, 0.15) is 17.5 Å². The Morgan fingerprint density at radius 1 is 1.37 bits per heavy atom. The zero-order valence-electron chi connectivity index (χ0n) is 12.4. The maximum Gasteiger partial charge on any atom is 0.132 e. The molecular weight excluding hydrogens is 238 g/mol. The predicted octanol–water partition coefficient (Wildman–Crippen LogP) is 1.98. The molecule has 2 rings (SSSR count). The molecule has 1 saturated carbocycles. The van der Waals surface area contributed by atoms with E-state index in [0.29, 0.717) is 6.04 Å². The van der Waals surface area contributed by atoms with E-state index in [9.17, 15) is 0 Å². The highest BCUT2D eigenvalue weighted by molar-refractivity contribution is 5.47. The van der Waals surface area contributed by atoms with Gasteiger partial charge in [-0.2, -0.15) is 0 Å². The lowest BCUT2D eigenvalue weighted by Crippen LogP contribution is -2.36. The number of aryl methyl sites for hydroxylation is 1. The molecule has 1 aliphatic rings. The molecule has 0 radical (unpaired) electrons. The first kappa shape index (κ1) is 14.1. The number of likely N-dealkylation sites (N-methyl/N-ethyl adjacent to an activating group) is 1. The largest absolute Gasteiger partial charge is 0.373 e. The van der Waals surface area contributed by atoms with E-state index < -0.39 is 0 Å². The molecule has 2 N–H and O–H groups in total. The molecule has 1 aromatic heterocycles. The Hall–Kier alpha value is -1.36. The van der Waals surface area contributed by atoms with Crippen LogP contribution in [0.1, 0.15) is 32.5 Å². The van der Waals surface area contributed by atoms with Crippen molar-refractivity contribution in [2.75, 3.05) is 31.3 Å². The number of nitrogens with one attached hydrogen (secondary N) is 2. The minimum atomic E-state index is 0.519.